The molecule has 1 aromatic heterocycles. The quantitative estimate of drug-likeness (QED) is 0.926. The number of amides is 1. The maximum atomic E-state index is 12.3. The topological polar surface area (TPSA) is 90.1 Å². The third kappa shape index (κ3) is 2.82. The van der Waals surface area contributed by atoms with Crippen molar-refractivity contribution in [1.29, 1.82) is 0 Å². The molecular formula is C12H12N2O3S2. The molecule has 0 aliphatic rings. The second-order valence-corrected chi connectivity index (χ2v) is 7.00. The van der Waals surface area contributed by atoms with Crippen LogP contribution in [0, 0.1) is 6.92 Å². The summed E-state index contributed by atoms with van der Waals surface area (Å²) in [5, 5.41) is 0. The average molecular weight is 296 g/mol. The number of nitrogens with two attached hydrogens (primary N) is 1. The van der Waals surface area contributed by atoms with E-state index < -0.39 is 15.7 Å². The number of primary amides is 1. The third-order valence-corrected chi connectivity index (χ3v) is 5.76. The van der Waals surface area contributed by atoms with E-state index in [1.54, 1.807) is 31.2 Å². The van der Waals surface area contributed by atoms with Crippen LogP contribution < -0.4 is 5.73 Å². The minimum absolute atomic E-state index is 0.000862. The number of hydrogen-bond donors (Lipinski definition) is 1. The fourth-order valence-corrected chi connectivity index (χ4v) is 4.41. The van der Waals surface area contributed by atoms with Crippen molar-refractivity contribution in [3.05, 3.63) is 47.2 Å². The van der Waals surface area contributed by atoms with Crippen molar-refractivity contribution in [2.24, 2.45) is 5.73 Å². The Hall–Kier alpha value is -1.73. The standard InChI is InChI=1S/C12H12N2O3S2/c1-8-10(11(13)15)12(18-14-8)19(16,17)7-9-5-3-2-4-6-9/h2-6H,7H2,1H3,(H2,13,15). The van der Waals surface area contributed by atoms with Gasteiger partial charge in [-0.1, -0.05) is 30.3 Å². The molecule has 7 heteroatoms. The van der Waals surface area contributed by atoms with E-state index in [1.165, 1.54) is 0 Å². The maximum Gasteiger partial charge on any atom is 0.252 e. The molecule has 0 bridgehead atoms. The summed E-state index contributed by atoms with van der Waals surface area (Å²) in [5.41, 5.74) is 6.22. The SMILES string of the molecule is Cc1nsc(S(=O)(=O)Cc2ccccc2)c1C(N)=O. The van der Waals surface area contributed by atoms with Gasteiger partial charge in [-0.2, -0.15) is 4.37 Å². The molecule has 1 amide bonds. The second kappa shape index (κ2) is 5.10. The van der Waals surface area contributed by atoms with Crippen molar-refractivity contribution in [2.45, 2.75) is 16.9 Å². The molecule has 0 aliphatic carbocycles. The molecule has 1 heterocycles. The summed E-state index contributed by atoms with van der Waals surface area (Å²) in [4.78, 5) is 11.3. The van der Waals surface area contributed by atoms with Gasteiger partial charge in [0.25, 0.3) is 5.91 Å². The molecule has 5 nitrogen and oxygen atoms in total. The highest BCUT2D eigenvalue weighted by molar-refractivity contribution is 7.92. The summed E-state index contributed by atoms with van der Waals surface area (Å²) in [6, 6.07) is 8.77. The van der Waals surface area contributed by atoms with Crippen LogP contribution in [-0.2, 0) is 15.6 Å². The van der Waals surface area contributed by atoms with Gasteiger partial charge in [-0.15, -0.1) is 0 Å². The summed E-state index contributed by atoms with van der Waals surface area (Å²) >= 11 is 0.792. The minimum Gasteiger partial charge on any atom is -0.365 e. The van der Waals surface area contributed by atoms with E-state index in [9.17, 15) is 13.2 Å². The monoisotopic (exact) mass is 296 g/mol. The summed E-state index contributed by atoms with van der Waals surface area (Å²) in [7, 11) is -3.61. The minimum atomic E-state index is -3.61. The van der Waals surface area contributed by atoms with Gasteiger partial charge in [0, 0.05) is 0 Å². The largest absolute Gasteiger partial charge is 0.365 e. The molecule has 0 saturated heterocycles. The molecule has 0 fully saturated rings. The maximum absolute atomic E-state index is 12.3. The molecule has 0 atom stereocenters. The van der Waals surface area contributed by atoms with Gasteiger partial charge in [-0.25, -0.2) is 8.42 Å². The summed E-state index contributed by atoms with van der Waals surface area (Å²) in [6.07, 6.45) is 0. The number of sulfone groups is 1. The van der Waals surface area contributed by atoms with E-state index in [4.69, 9.17) is 5.73 Å². The number of rotatable bonds is 4. The van der Waals surface area contributed by atoms with Crippen LogP contribution in [0.5, 0.6) is 0 Å². The van der Waals surface area contributed by atoms with Crippen molar-refractivity contribution < 1.29 is 13.2 Å². The van der Waals surface area contributed by atoms with Crippen LogP contribution in [-0.4, -0.2) is 18.7 Å². The molecule has 2 N–H and O–H groups in total. The van der Waals surface area contributed by atoms with Crippen LogP contribution in [0.25, 0.3) is 0 Å². The van der Waals surface area contributed by atoms with E-state index in [0.29, 0.717) is 11.3 Å². The molecule has 0 unspecified atom stereocenters. The molecule has 0 radical (unpaired) electrons. The molecule has 100 valence electrons. The Labute approximate surface area is 115 Å². The van der Waals surface area contributed by atoms with Gasteiger partial charge in [0.05, 0.1) is 17.0 Å². The van der Waals surface area contributed by atoms with Crippen LogP contribution in [0.1, 0.15) is 21.6 Å². The summed E-state index contributed by atoms with van der Waals surface area (Å²) in [5.74, 6) is -0.937. The lowest BCUT2D eigenvalue weighted by Gasteiger charge is -2.03. The van der Waals surface area contributed by atoms with Crippen LogP contribution in [0.2, 0.25) is 0 Å². The van der Waals surface area contributed by atoms with E-state index in [-0.39, 0.29) is 15.5 Å². The predicted molar refractivity (Wildman–Crippen MR) is 72.7 cm³/mol. The average Bonchev–Trinajstić information content (AvgIpc) is 2.72. The second-order valence-electron chi connectivity index (χ2n) is 4.04. The molecule has 1 aromatic carbocycles. The molecule has 2 aromatic rings. The van der Waals surface area contributed by atoms with Crippen LogP contribution in [0.3, 0.4) is 0 Å². The molecule has 0 saturated carbocycles. The lowest BCUT2D eigenvalue weighted by molar-refractivity contribution is 0.0997. The van der Waals surface area contributed by atoms with E-state index in [1.807, 2.05) is 6.07 Å². The van der Waals surface area contributed by atoms with Gasteiger partial charge in [0.1, 0.15) is 0 Å². The normalized spacial score (nSPS) is 11.4. The smallest absolute Gasteiger partial charge is 0.252 e. The Morgan fingerprint density at radius 1 is 1.32 bits per heavy atom. The molecule has 2 rings (SSSR count). The zero-order valence-electron chi connectivity index (χ0n) is 10.2. The number of aryl methyl sites for hydroxylation is 1. The van der Waals surface area contributed by atoms with Crippen LogP contribution in [0.15, 0.2) is 34.5 Å². The first-order chi connectivity index (χ1) is 8.92. The van der Waals surface area contributed by atoms with Gasteiger partial charge in [0.2, 0.25) is 0 Å². The van der Waals surface area contributed by atoms with Crippen molar-refractivity contribution in [3.63, 3.8) is 0 Å². The first-order valence-corrected chi connectivity index (χ1v) is 7.87. The lowest BCUT2D eigenvalue weighted by Crippen LogP contribution is -2.16. The van der Waals surface area contributed by atoms with Gasteiger partial charge in [-0.3, -0.25) is 4.79 Å². The predicted octanol–water partition coefficient (Wildman–Crippen LogP) is 1.52. The Kier molecular flexibility index (Phi) is 3.68. The Morgan fingerprint density at radius 3 is 2.53 bits per heavy atom. The van der Waals surface area contributed by atoms with Crippen molar-refractivity contribution >= 4 is 27.3 Å². The van der Waals surface area contributed by atoms with E-state index >= 15 is 0 Å². The van der Waals surface area contributed by atoms with E-state index in [0.717, 1.165) is 11.5 Å². The first kappa shape index (κ1) is 13.7. The van der Waals surface area contributed by atoms with Crippen molar-refractivity contribution in [1.82, 2.24) is 4.37 Å². The number of carbonyl (C=O) groups excluding carboxylic acids is 1. The van der Waals surface area contributed by atoms with Gasteiger partial charge < -0.3 is 5.73 Å². The summed E-state index contributed by atoms with van der Waals surface area (Å²) in [6.45, 7) is 1.57. The number of benzene rings is 1. The fourth-order valence-electron chi connectivity index (χ4n) is 1.70. The molecule has 0 spiro atoms. The summed E-state index contributed by atoms with van der Waals surface area (Å²) < 4.78 is 28.5. The van der Waals surface area contributed by atoms with Crippen LogP contribution in [0.4, 0.5) is 0 Å². The highest BCUT2D eigenvalue weighted by Crippen LogP contribution is 2.26. The zero-order chi connectivity index (χ0) is 14.0. The Bertz CT molecular complexity index is 706. The number of aromatic nitrogens is 1. The fraction of sp³-hybridized carbons (Fsp3) is 0.167. The highest BCUT2D eigenvalue weighted by Gasteiger charge is 2.26. The lowest BCUT2D eigenvalue weighted by atomic mass is 10.2. The number of hydrogen-bond acceptors (Lipinski definition) is 5. The molecule has 19 heavy (non-hydrogen) atoms. The molecule has 0 aliphatic heterocycles. The Balaban J connectivity index is 2.44. The van der Waals surface area contributed by atoms with Gasteiger partial charge in [0.15, 0.2) is 14.0 Å². The number of nitrogens with zero attached hydrogens (tertiary/aromatic N) is 1. The first-order valence-electron chi connectivity index (χ1n) is 5.44. The zero-order valence-corrected chi connectivity index (χ0v) is 11.8. The van der Waals surface area contributed by atoms with Crippen molar-refractivity contribution in [2.75, 3.05) is 0 Å². The highest BCUT2D eigenvalue weighted by atomic mass is 32.2. The Morgan fingerprint density at radius 2 is 1.95 bits per heavy atom. The van der Waals surface area contributed by atoms with Crippen LogP contribution >= 0.6 is 11.5 Å². The van der Waals surface area contributed by atoms with Gasteiger partial charge >= 0.3 is 0 Å². The van der Waals surface area contributed by atoms with Crippen molar-refractivity contribution in [3.8, 4) is 0 Å². The number of carbonyl (C=O) groups is 1. The molecular weight excluding hydrogens is 284 g/mol. The third-order valence-electron chi connectivity index (χ3n) is 2.56. The van der Waals surface area contributed by atoms with Gasteiger partial charge in [-0.05, 0) is 24.0 Å². The van der Waals surface area contributed by atoms with E-state index in [2.05, 4.69) is 4.37 Å².